The summed E-state index contributed by atoms with van der Waals surface area (Å²) in [7, 11) is 0. The van der Waals surface area contributed by atoms with E-state index in [1.807, 2.05) is 28.0 Å². The van der Waals surface area contributed by atoms with E-state index in [1.54, 1.807) is 24.5 Å². The number of nitrogens with zero attached hydrogens (tertiary/aromatic N) is 4. The quantitative estimate of drug-likeness (QED) is 0.859. The number of carbonyl (C=O) groups excluding carboxylic acids is 2. The molecule has 29 heavy (non-hydrogen) atoms. The standard InChI is InChI=1S/C22H27N5O2/c23-19-15-17(5-11-25-19)21(29)26-13-8-22(9-14-26)7-4-20(28)27(16-22)12-6-18-3-1-2-10-24-18/h1-3,5,10-11,15H,4,6-9,12-14,16H2,(H2,23,25). The normalized spacial score (nSPS) is 18.8. The predicted molar refractivity (Wildman–Crippen MR) is 110 cm³/mol. The summed E-state index contributed by atoms with van der Waals surface area (Å²) >= 11 is 0. The molecule has 4 rings (SSSR count). The Balaban J connectivity index is 1.36. The van der Waals surface area contributed by atoms with Crippen LogP contribution in [0.5, 0.6) is 0 Å². The fourth-order valence-corrected chi connectivity index (χ4v) is 4.46. The summed E-state index contributed by atoms with van der Waals surface area (Å²) in [6, 6.07) is 9.22. The minimum Gasteiger partial charge on any atom is -0.384 e. The van der Waals surface area contributed by atoms with Crippen molar-refractivity contribution in [2.24, 2.45) is 5.41 Å². The number of piperidine rings is 2. The van der Waals surface area contributed by atoms with Gasteiger partial charge in [-0.1, -0.05) is 6.07 Å². The number of amides is 2. The van der Waals surface area contributed by atoms with Crippen LogP contribution in [0.1, 0.15) is 41.7 Å². The molecule has 0 unspecified atom stereocenters. The van der Waals surface area contributed by atoms with Gasteiger partial charge in [0.2, 0.25) is 5.91 Å². The number of nitrogen functional groups attached to an aromatic ring is 1. The molecular formula is C22H27N5O2. The van der Waals surface area contributed by atoms with E-state index in [0.29, 0.717) is 37.4 Å². The topological polar surface area (TPSA) is 92.4 Å². The van der Waals surface area contributed by atoms with Gasteiger partial charge in [-0.25, -0.2) is 4.98 Å². The Morgan fingerprint density at radius 1 is 1.10 bits per heavy atom. The zero-order valence-electron chi connectivity index (χ0n) is 16.6. The molecule has 7 heteroatoms. The molecule has 2 aromatic rings. The van der Waals surface area contributed by atoms with Gasteiger partial charge in [0.15, 0.2) is 0 Å². The number of rotatable bonds is 4. The van der Waals surface area contributed by atoms with Crippen molar-refractivity contribution in [2.75, 3.05) is 31.9 Å². The Labute approximate surface area is 170 Å². The Morgan fingerprint density at radius 3 is 2.66 bits per heavy atom. The van der Waals surface area contributed by atoms with Crippen LogP contribution in [0.3, 0.4) is 0 Å². The molecule has 2 amide bonds. The summed E-state index contributed by atoms with van der Waals surface area (Å²) in [6.45, 7) is 2.91. The summed E-state index contributed by atoms with van der Waals surface area (Å²) in [5.74, 6) is 0.601. The third-order valence-electron chi connectivity index (χ3n) is 6.25. The Hall–Kier alpha value is -2.96. The molecule has 0 radical (unpaired) electrons. The molecule has 2 aromatic heterocycles. The molecule has 7 nitrogen and oxygen atoms in total. The maximum absolute atomic E-state index is 12.8. The van der Waals surface area contributed by atoms with Crippen LogP contribution in [-0.4, -0.2) is 57.8 Å². The van der Waals surface area contributed by atoms with Crippen LogP contribution in [-0.2, 0) is 11.2 Å². The van der Waals surface area contributed by atoms with Gasteiger partial charge in [-0.05, 0) is 48.9 Å². The maximum Gasteiger partial charge on any atom is 0.254 e. The zero-order chi connectivity index (χ0) is 20.3. The molecule has 4 heterocycles. The van der Waals surface area contributed by atoms with Crippen molar-refractivity contribution in [3.8, 4) is 0 Å². The minimum absolute atomic E-state index is 0.00726. The van der Waals surface area contributed by atoms with Crippen LogP contribution in [0, 0.1) is 5.41 Å². The number of carbonyl (C=O) groups is 2. The first kappa shape index (κ1) is 19.4. The lowest BCUT2D eigenvalue weighted by Gasteiger charge is -2.47. The van der Waals surface area contributed by atoms with E-state index in [9.17, 15) is 9.59 Å². The highest BCUT2D eigenvalue weighted by atomic mass is 16.2. The van der Waals surface area contributed by atoms with Gasteiger partial charge in [0.25, 0.3) is 5.91 Å². The first-order valence-electron chi connectivity index (χ1n) is 10.2. The van der Waals surface area contributed by atoms with Crippen LogP contribution < -0.4 is 5.73 Å². The third-order valence-corrected chi connectivity index (χ3v) is 6.25. The van der Waals surface area contributed by atoms with E-state index in [2.05, 4.69) is 9.97 Å². The van der Waals surface area contributed by atoms with Gasteiger partial charge < -0.3 is 15.5 Å². The SMILES string of the molecule is Nc1cc(C(=O)N2CCC3(CCC(=O)N(CCc4ccccn4)C3)CC2)ccn1. The second kappa shape index (κ2) is 8.19. The van der Waals surface area contributed by atoms with Crippen molar-refractivity contribution in [1.29, 1.82) is 0 Å². The van der Waals surface area contributed by atoms with Crippen LogP contribution in [0.2, 0.25) is 0 Å². The lowest BCUT2D eigenvalue weighted by atomic mass is 9.72. The van der Waals surface area contributed by atoms with E-state index >= 15 is 0 Å². The van der Waals surface area contributed by atoms with Gasteiger partial charge in [0.05, 0.1) is 0 Å². The molecule has 0 aromatic carbocycles. The summed E-state index contributed by atoms with van der Waals surface area (Å²) < 4.78 is 0. The summed E-state index contributed by atoms with van der Waals surface area (Å²) in [4.78, 5) is 37.4. The highest BCUT2D eigenvalue weighted by Gasteiger charge is 2.41. The molecule has 2 N–H and O–H groups in total. The molecule has 2 saturated heterocycles. The number of nitrogens with two attached hydrogens (primary N) is 1. The Kier molecular flexibility index (Phi) is 5.47. The monoisotopic (exact) mass is 393 g/mol. The smallest absolute Gasteiger partial charge is 0.254 e. The van der Waals surface area contributed by atoms with Crippen molar-refractivity contribution in [1.82, 2.24) is 19.8 Å². The molecule has 0 aliphatic carbocycles. The molecular weight excluding hydrogens is 366 g/mol. The number of hydrogen-bond acceptors (Lipinski definition) is 5. The van der Waals surface area contributed by atoms with Crippen molar-refractivity contribution in [3.05, 3.63) is 54.0 Å². The van der Waals surface area contributed by atoms with Crippen molar-refractivity contribution in [2.45, 2.75) is 32.1 Å². The number of likely N-dealkylation sites (tertiary alicyclic amines) is 2. The van der Waals surface area contributed by atoms with Crippen LogP contribution >= 0.6 is 0 Å². The van der Waals surface area contributed by atoms with E-state index < -0.39 is 0 Å². The van der Waals surface area contributed by atoms with Gasteiger partial charge in [-0.15, -0.1) is 0 Å². The van der Waals surface area contributed by atoms with Gasteiger partial charge in [0, 0.05) is 62.7 Å². The van der Waals surface area contributed by atoms with Gasteiger partial charge in [-0.2, -0.15) is 0 Å². The fourth-order valence-electron chi connectivity index (χ4n) is 4.46. The summed E-state index contributed by atoms with van der Waals surface area (Å²) in [5, 5.41) is 0. The average molecular weight is 393 g/mol. The molecule has 2 fully saturated rings. The van der Waals surface area contributed by atoms with Crippen molar-refractivity contribution < 1.29 is 9.59 Å². The summed E-state index contributed by atoms with van der Waals surface area (Å²) in [5.41, 5.74) is 7.43. The minimum atomic E-state index is 0.00726. The molecule has 0 bridgehead atoms. The molecule has 2 aliphatic heterocycles. The first-order valence-corrected chi connectivity index (χ1v) is 10.2. The zero-order valence-corrected chi connectivity index (χ0v) is 16.6. The van der Waals surface area contributed by atoms with E-state index in [4.69, 9.17) is 5.73 Å². The molecule has 152 valence electrons. The second-order valence-corrected chi connectivity index (χ2v) is 8.15. The van der Waals surface area contributed by atoms with Crippen LogP contribution in [0.15, 0.2) is 42.7 Å². The summed E-state index contributed by atoms with van der Waals surface area (Å²) in [6.07, 6.45) is 7.49. The number of hydrogen-bond donors (Lipinski definition) is 1. The van der Waals surface area contributed by atoms with Crippen LogP contribution in [0.25, 0.3) is 0 Å². The highest BCUT2D eigenvalue weighted by Crippen LogP contribution is 2.40. The second-order valence-electron chi connectivity index (χ2n) is 8.15. The van der Waals surface area contributed by atoms with Gasteiger partial charge in [0.1, 0.15) is 5.82 Å². The Bertz CT molecular complexity index is 878. The number of pyridine rings is 2. The Morgan fingerprint density at radius 2 is 1.93 bits per heavy atom. The van der Waals surface area contributed by atoms with Crippen molar-refractivity contribution >= 4 is 17.6 Å². The molecule has 0 atom stereocenters. The molecule has 2 aliphatic rings. The lowest BCUT2D eigenvalue weighted by Crippen LogP contribution is -2.52. The van der Waals surface area contributed by atoms with Gasteiger partial charge in [-0.3, -0.25) is 14.6 Å². The first-order chi connectivity index (χ1) is 14.0. The van der Waals surface area contributed by atoms with Crippen molar-refractivity contribution in [3.63, 3.8) is 0 Å². The number of aromatic nitrogens is 2. The average Bonchev–Trinajstić information content (AvgIpc) is 2.75. The molecule has 0 saturated carbocycles. The maximum atomic E-state index is 12.8. The van der Waals surface area contributed by atoms with Gasteiger partial charge >= 0.3 is 0 Å². The fraction of sp³-hybridized carbons (Fsp3) is 0.455. The predicted octanol–water partition coefficient (Wildman–Crippen LogP) is 2.15. The van der Waals surface area contributed by atoms with E-state index in [-0.39, 0.29) is 17.2 Å². The number of anilines is 1. The molecule has 1 spiro atoms. The largest absolute Gasteiger partial charge is 0.384 e. The van der Waals surface area contributed by atoms with E-state index in [0.717, 1.165) is 37.9 Å². The third kappa shape index (κ3) is 4.39. The van der Waals surface area contributed by atoms with Crippen LogP contribution in [0.4, 0.5) is 5.82 Å². The van der Waals surface area contributed by atoms with E-state index in [1.165, 1.54) is 0 Å². The lowest BCUT2D eigenvalue weighted by molar-refractivity contribution is -0.138. The highest BCUT2D eigenvalue weighted by molar-refractivity contribution is 5.94.